The van der Waals surface area contributed by atoms with Gasteiger partial charge in [-0.15, -0.1) is 0 Å². The van der Waals surface area contributed by atoms with E-state index in [4.69, 9.17) is 0 Å². The van der Waals surface area contributed by atoms with Crippen molar-refractivity contribution < 1.29 is 9.31 Å². The highest BCUT2D eigenvalue weighted by molar-refractivity contribution is 5.64. The first-order valence-electron chi connectivity index (χ1n) is 6.04. The molecule has 0 bridgehead atoms. The Morgan fingerprint density at radius 2 is 2.39 bits per heavy atom. The molecule has 1 aromatic carbocycles. The van der Waals surface area contributed by atoms with Gasteiger partial charge in [-0.1, -0.05) is 0 Å². The second-order valence-electron chi connectivity index (χ2n) is 4.32. The molecule has 1 heterocycles. The van der Waals surface area contributed by atoms with Gasteiger partial charge in [0.15, 0.2) is 0 Å². The molecule has 1 aliphatic rings. The molecule has 1 aromatic rings. The van der Waals surface area contributed by atoms with Crippen LogP contribution in [0.4, 0.5) is 15.8 Å². The number of hydrogen-bond donors (Lipinski definition) is 1. The fraction of sp³-hybridized carbons (Fsp3) is 0.500. The Labute approximate surface area is 105 Å². The maximum Gasteiger partial charge on any atom is 0.295 e. The van der Waals surface area contributed by atoms with E-state index < -0.39 is 10.7 Å². The van der Waals surface area contributed by atoms with Gasteiger partial charge in [0, 0.05) is 19.1 Å². The summed E-state index contributed by atoms with van der Waals surface area (Å²) < 4.78 is 13.1. The Bertz CT molecular complexity index is 447. The lowest BCUT2D eigenvalue weighted by molar-refractivity contribution is -0.384. The van der Waals surface area contributed by atoms with Gasteiger partial charge >= 0.3 is 0 Å². The van der Waals surface area contributed by atoms with Crippen molar-refractivity contribution in [2.45, 2.75) is 19.4 Å². The standard InChI is InChI=1S/C12H16FN3O2/c1-2-15(10-5-6-14-8-10)11-4-3-9(13)7-12(11)16(17)18/h3-4,7,10,14H,2,5-6,8H2,1H3. The number of likely N-dealkylation sites (N-methyl/N-ethyl adjacent to an activating group) is 1. The number of nitro groups is 1. The van der Waals surface area contributed by atoms with Crippen LogP contribution in [0.5, 0.6) is 0 Å². The molecule has 1 N–H and O–H groups in total. The van der Waals surface area contributed by atoms with E-state index in [1.54, 1.807) is 0 Å². The molecule has 98 valence electrons. The maximum atomic E-state index is 13.1. The molecule has 0 radical (unpaired) electrons. The van der Waals surface area contributed by atoms with E-state index in [1.165, 1.54) is 12.1 Å². The van der Waals surface area contributed by atoms with Crippen LogP contribution in [-0.2, 0) is 0 Å². The second kappa shape index (κ2) is 5.30. The number of nitrogens with one attached hydrogen (secondary N) is 1. The minimum absolute atomic E-state index is 0.163. The molecule has 1 saturated heterocycles. The number of nitro benzene ring substituents is 1. The molecule has 1 fully saturated rings. The van der Waals surface area contributed by atoms with Gasteiger partial charge in [0.25, 0.3) is 5.69 Å². The van der Waals surface area contributed by atoms with Crippen molar-refractivity contribution >= 4 is 11.4 Å². The third kappa shape index (κ3) is 2.43. The fourth-order valence-corrected chi connectivity index (χ4v) is 2.42. The lowest BCUT2D eigenvalue weighted by Gasteiger charge is -2.28. The van der Waals surface area contributed by atoms with Crippen LogP contribution in [0, 0.1) is 15.9 Å². The third-order valence-corrected chi connectivity index (χ3v) is 3.26. The third-order valence-electron chi connectivity index (χ3n) is 3.26. The largest absolute Gasteiger partial charge is 0.362 e. The van der Waals surface area contributed by atoms with Gasteiger partial charge in [0.1, 0.15) is 11.5 Å². The number of rotatable bonds is 4. The summed E-state index contributed by atoms with van der Waals surface area (Å²) in [7, 11) is 0. The lowest BCUT2D eigenvalue weighted by atomic mass is 10.1. The van der Waals surface area contributed by atoms with E-state index in [0.29, 0.717) is 12.2 Å². The van der Waals surface area contributed by atoms with E-state index >= 15 is 0 Å². The molecule has 18 heavy (non-hydrogen) atoms. The first kappa shape index (κ1) is 12.8. The van der Waals surface area contributed by atoms with Gasteiger partial charge in [-0.3, -0.25) is 10.1 Å². The lowest BCUT2D eigenvalue weighted by Crippen LogP contribution is -2.37. The van der Waals surface area contributed by atoms with Gasteiger partial charge < -0.3 is 10.2 Å². The predicted molar refractivity (Wildman–Crippen MR) is 67.3 cm³/mol. The SMILES string of the molecule is CCN(c1ccc(F)cc1[N+](=O)[O-])C1CCNC1. The first-order valence-corrected chi connectivity index (χ1v) is 6.04. The number of nitrogens with zero attached hydrogens (tertiary/aromatic N) is 2. The molecule has 1 atom stereocenters. The molecular weight excluding hydrogens is 237 g/mol. The van der Waals surface area contributed by atoms with Crippen LogP contribution < -0.4 is 10.2 Å². The summed E-state index contributed by atoms with van der Waals surface area (Å²) in [6.45, 7) is 4.34. The van der Waals surface area contributed by atoms with Crippen LogP contribution in [0.2, 0.25) is 0 Å². The minimum Gasteiger partial charge on any atom is -0.362 e. The minimum atomic E-state index is -0.578. The summed E-state index contributed by atoms with van der Waals surface area (Å²) >= 11 is 0. The zero-order valence-electron chi connectivity index (χ0n) is 10.2. The van der Waals surface area contributed by atoms with E-state index in [9.17, 15) is 14.5 Å². The Balaban J connectivity index is 2.37. The topological polar surface area (TPSA) is 58.4 Å². The van der Waals surface area contributed by atoms with Crippen LogP contribution in [0.1, 0.15) is 13.3 Å². The average Bonchev–Trinajstić information content (AvgIpc) is 2.85. The van der Waals surface area contributed by atoms with Crippen molar-refractivity contribution in [3.8, 4) is 0 Å². The van der Waals surface area contributed by atoms with Crippen molar-refractivity contribution in [3.63, 3.8) is 0 Å². The van der Waals surface area contributed by atoms with Gasteiger partial charge in [-0.2, -0.15) is 0 Å². The van der Waals surface area contributed by atoms with Crippen LogP contribution in [0.25, 0.3) is 0 Å². The molecule has 2 rings (SSSR count). The van der Waals surface area contributed by atoms with Crippen molar-refractivity contribution in [1.29, 1.82) is 0 Å². The van der Waals surface area contributed by atoms with E-state index in [-0.39, 0.29) is 11.7 Å². The zero-order chi connectivity index (χ0) is 13.1. The predicted octanol–water partition coefficient (Wildman–Crippen LogP) is 1.92. The summed E-state index contributed by atoms with van der Waals surface area (Å²) in [5, 5.41) is 14.2. The summed E-state index contributed by atoms with van der Waals surface area (Å²) in [5.41, 5.74) is 0.335. The second-order valence-corrected chi connectivity index (χ2v) is 4.32. The zero-order valence-corrected chi connectivity index (χ0v) is 10.2. The Hall–Kier alpha value is -1.69. The molecule has 6 heteroatoms. The van der Waals surface area contributed by atoms with Crippen molar-refractivity contribution in [2.75, 3.05) is 24.5 Å². The van der Waals surface area contributed by atoms with E-state index in [0.717, 1.165) is 25.6 Å². The molecule has 0 aromatic heterocycles. The summed E-state index contributed by atoms with van der Waals surface area (Å²) in [4.78, 5) is 12.5. The van der Waals surface area contributed by atoms with E-state index in [2.05, 4.69) is 5.32 Å². The van der Waals surface area contributed by atoms with Crippen molar-refractivity contribution in [3.05, 3.63) is 34.1 Å². The smallest absolute Gasteiger partial charge is 0.295 e. The molecule has 0 aliphatic carbocycles. The monoisotopic (exact) mass is 253 g/mol. The molecular formula is C12H16FN3O2. The molecule has 1 aliphatic heterocycles. The number of benzene rings is 1. The fourth-order valence-electron chi connectivity index (χ4n) is 2.42. The first-order chi connectivity index (χ1) is 8.63. The quantitative estimate of drug-likeness (QED) is 0.658. The van der Waals surface area contributed by atoms with Gasteiger partial charge in [0.2, 0.25) is 0 Å². The molecule has 0 amide bonds. The van der Waals surface area contributed by atoms with Crippen LogP contribution in [-0.4, -0.2) is 30.6 Å². The molecule has 0 spiro atoms. The number of halogens is 1. The summed E-state index contributed by atoms with van der Waals surface area (Å²) in [6.07, 6.45) is 0.947. The summed E-state index contributed by atoms with van der Waals surface area (Å²) in [6, 6.07) is 3.99. The summed E-state index contributed by atoms with van der Waals surface area (Å²) in [5.74, 6) is -0.578. The molecule has 5 nitrogen and oxygen atoms in total. The normalized spacial score (nSPS) is 18.9. The highest BCUT2D eigenvalue weighted by Gasteiger charge is 2.27. The average molecular weight is 253 g/mol. The number of anilines is 1. The number of hydrogen-bond acceptors (Lipinski definition) is 4. The molecule has 1 unspecified atom stereocenters. The van der Waals surface area contributed by atoms with Gasteiger partial charge in [0.05, 0.1) is 11.0 Å². The Morgan fingerprint density at radius 3 is 2.94 bits per heavy atom. The highest BCUT2D eigenvalue weighted by Crippen LogP contribution is 2.31. The van der Waals surface area contributed by atoms with Crippen LogP contribution in [0.15, 0.2) is 18.2 Å². The van der Waals surface area contributed by atoms with Crippen molar-refractivity contribution in [1.82, 2.24) is 5.32 Å². The highest BCUT2D eigenvalue weighted by atomic mass is 19.1. The Morgan fingerprint density at radius 1 is 1.61 bits per heavy atom. The van der Waals surface area contributed by atoms with E-state index in [1.807, 2.05) is 11.8 Å². The Kier molecular flexibility index (Phi) is 3.76. The van der Waals surface area contributed by atoms with Gasteiger partial charge in [-0.05, 0) is 32.0 Å². The van der Waals surface area contributed by atoms with Crippen LogP contribution in [0.3, 0.4) is 0 Å². The molecule has 0 saturated carbocycles. The van der Waals surface area contributed by atoms with Crippen molar-refractivity contribution in [2.24, 2.45) is 0 Å². The van der Waals surface area contributed by atoms with Crippen LogP contribution >= 0.6 is 0 Å². The van der Waals surface area contributed by atoms with Gasteiger partial charge in [-0.25, -0.2) is 4.39 Å². The maximum absolute atomic E-state index is 13.1.